The summed E-state index contributed by atoms with van der Waals surface area (Å²) in [5.74, 6) is -0.840. The van der Waals surface area contributed by atoms with Crippen LogP contribution in [0.5, 0.6) is 0 Å². The molecule has 0 aromatic rings. The number of unbranched alkanes of at least 4 members (excludes halogenated alkanes) is 43. The van der Waals surface area contributed by atoms with Crippen LogP contribution in [0.1, 0.15) is 367 Å². The molecule has 0 amide bonds. The molecule has 0 saturated heterocycles. The number of allylic oxidation sites excluding steroid dienone is 10. The summed E-state index contributed by atoms with van der Waals surface area (Å²) in [4.78, 5) is 38.3. The van der Waals surface area contributed by atoms with Gasteiger partial charge in [-0.25, -0.2) is 0 Å². The van der Waals surface area contributed by atoms with E-state index in [0.29, 0.717) is 19.3 Å². The van der Waals surface area contributed by atoms with Crippen molar-refractivity contribution < 1.29 is 28.6 Å². The van der Waals surface area contributed by atoms with Crippen molar-refractivity contribution in [1.29, 1.82) is 0 Å². The lowest BCUT2D eigenvalue weighted by Crippen LogP contribution is -2.30. The molecule has 1 atom stereocenters. The lowest BCUT2D eigenvalue weighted by molar-refractivity contribution is -0.167. The van der Waals surface area contributed by atoms with E-state index in [4.69, 9.17) is 14.2 Å². The molecule has 0 rings (SSSR count). The summed E-state index contributed by atoms with van der Waals surface area (Å²) in [5.41, 5.74) is 0. The summed E-state index contributed by atoms with van der Waals surface area (Å²) >= 11 is 0. The van der Waals surface area contributed by atoms with Crippen molar-refractivity contribution in [2.45, 2.75) is 374 Å². The normalized spacial score (nSPS) is 12.4. The summed E-state index contributed by atoms with van der Waals surface area (Å²) in [7, 11) is 0. The fraction of sp³-hybridized carbons (Fsp3) is 0.822. The second-order valence-electron chi connectivity index (χ2n) is 23.4. The van der Waals surface area contributed by atoms with Gasteiger partial charge in [0.25, 0.3) is 0 Å². The number of esters is 3. The van der Waals surface area contributed by atoms with Crippen LogP contribution in [-0.4, -0.2) is 37.2 Å². The summed E-state index contributed by atoms with van der Waals surface area (Å²) in [6, 6.07) is 0. The molecule has 0 spiro atoms. The molecular formula is C73H132O6. The Morgan fingerprint density at radius 3 is 0.772 bits per heavy atom. The van der Waals surface area contributed by atoms with E-state index >= 15 is 0 Å². The van der Waals surface area contributed by atoms with Crippen LogP contribution in [0.25, 0.3) is 0 Å². The lowest BCUT2D eigenvalue weighted by atomic mass is 10.0. The van der Waals surface area contributed by atoms with Crippen molar-refractivity contribution in [3.8, 4) is 0 Å². The predicted molar refractivity (Wildman–Crippen MR) is 344 cm³/mol. The van der Waals surface area contributed by atoms with Crippen LogP contribution in [-0.2, 0) is 28.6 Å². The average Bonchev–Trinajstić information content (AvgIpc) is 3.45. The first-order valence-electron chi connectivity index (χ1n) is 34.8. The van der Waals surface area contributed by atoms with Crippen molar-refractivity contribution >= 4 is 17.9 Å². The highest BCUT2D eigenvalue weighted by molar-refractivity contribution is 5.71. The Morgan fingerprint density at radius 1 is 0.266 bits per heavy atom. The van der Waals surface area contributed by atoms with Crippen LogP contribution in [0, 0.1) is 0 Å². The topological polar surface area (TPSA) is 78.9 Å². The molecule has 0 aromatic heterocycles. The Hall–Kier alpha value is -2.89. The third kappa shape index (κ3) is 65.8. The third-order valence-electron chi connectivity index (χ3n) is 15.5. The molecule has 0 radical (unpaired) electrons. The molecule has 0 bridgehead atoms. The zero-order valence-electron chi connectivity index (χ0n) is 52.9. The minimum Gasteiger partial charge on any atom is -0.462 e. The van der Waals surface area contributed by atoms with Crippen LogP contribution in [0.3, 0.4) is 0 Å². The van der Waals surface area contributed by atoms with Gasteiger partial charge in [-0.3, -0.25) is 14.4 Å². The zero-order chi connectivity index (χ0) is 57.1. The molecule has 1 unspecified atom stereocenters. The molecule has 0 N–H and O–H groups in total. The summed E-state index contributed by atoms with van der Waals surface area (Å²) in [5, 5.41) is 0. The second kappa shape index (κ2) is 67.6. The highest BCUT2D eigenvalue weighted by Gasteiger charge is 2.19. The molecule has 460 valence electrons. The average molecular weight is 1110 g/mol. The summed E-state index contributed by atoms with van der Waals surface area (Å²) in [6.07, 6.45) is 86.9. The molecule has 0 heterocycles. The Kier molecular flexibility index (Phi) is 65.1. The van der Waals surface area contributed by atoms with Crippen molar-refractivity contribution in [1.82, 2.24) is 0 Å². The van der Waals surface area contributed by atoms with E-state index in [0.717, 1.165) is 89.9 Å². The van der Waals surface area contributed by atoms with Crippen molar-refractivity contribution in [3.63, 3.8) is 0 Å². The first kappa shape index (κ1) is 76.1. The SMILES string of the molecule is CC/C=C\C/C=C\C/C=C\C/C=C\C/C=C\CCCCCCCCCCCCCCCCCCCCCC(=O)OCC(COC(=O)CCCCCCCCCCCCCC)OC(=O)CCCCCCCCCCCCCCCC. The quantitative estimate of drug-likeness (QED) is 0.0261. The predicted octanol–water partition coefficient (Wildman–Crippen LogP) is 23.9. The summed E-state index contributed by atoms with van der Waals surface area (Å²) in [6.45, 7) is 6.58. The van der Waals surface area contributed by atoms with E-state index in [9.17, 15) is 14.4 Å². The number of rotatable bonds is 64. The first-order valence-corrected chi connectivity index (χ1v) is 34.8. The number of carbonyl (C=O) groups is 3. The van der Waals surface area contributed by atoms with E-state index in [2.05, 4.69) is 81.5 Å². The van der Waals surface area contributed by atoms with Gasteiger partial charge in [0, 0.05) is 19.3 Å². The molecule has 6 nitrogen and oxygen atoms in total. The summed E-state index contributed by atoms with van der Waals surface area (Å²) < 4.78 is 16.9. The van der Waals surface area contributed by atoms with Crippen molar-refractivity contribution in [2.24, 2.45) is 0 Å². The largest absolute Gasteiger partial charge is 0.462 e. The maximum Gasteiger partial charge on any atom is 0.306 e. The standard InChI is InChI=1S/C73H132O6/c1-4-7-10-13-16-19-22-25-27-28-29-30-31-32-33-34-35-36-37-38-39-40-41-42-43-44-45-46-47-49-51-54-57-60-63-66-72(75)78-69-70(68-77-71(74)65-62-59-56-53-50-24-21-18-15-12-9-6-3)79-73(76)67-64-61-58-55-52-48-26-23-20-17-14-11-8-5-2/h7,10,16,19,25,27,29-30,32-33,70H,4-6,8-9,11-15,17-18,20-24,26,28,31,34-69H2,1-3H3/b10-7-,19-16-,27-25-,30-29-,33-32-. The van der Waals surface area contributed by atoms with Gasteiger partial charge in [0.1, 0.15) is 13.2 Å². The van der Waals surface area contributed by atoms with Crippen LogP contribution in [0.2, 0.25) is 0 Å². The van der Waals surface area contributed by atoms with E-state index < -0.39 is 6.10 Å². The van der Waals surface area contributed by atoms with Crippen LogP contribution >= 0.6 is 0 Å². The van der Waals surface area contributed by atoms with Gasteiger partial charge >= 0.3 is 17.9 Å². The fourth-order valence-corrected chi connectivity index (χ4v) is 10.4. The maximum atomic E-state index is 12.9. The molecule has 0 aliphatic heterocycles. The van der Waals surface area contributed by atoms with Crippen LogP contribution in [0.4, 0.5) is 0 Å². The molecule has 0 aromatic carbocycles. The molecular weight excluding hydrogens is 973 g/mol. The van der Waals surface area contributed by atoms with Gasteiger partial charge < -0.3 is 14.2 Å². The van der Waals surface area contributed by atoms with Crippen molar-refractivity contribution in [3.05, 3.63) is 60.8 Å². The molecule has 0 fully saturated rings. The van der Waals surface area contributed by atoms with Gasteiger partial charge in [-0.15, -0.1) is 0 Å². The zero-order valence-corrected chi connectivity index (χ0v) is 52.9. The number of carbonyl (C=O) groups excluding carboxylic acids is 3. The van der Waals surface area contributed by atoms with E-state index in [1.54, 1.807) is 0 Å². The lowest BCUT2D eigenvalue weighted by Gasteiger charge is -2.18. The third-order valence-corrected chi connectivity index (χ3v) is 15.5. The highest BCUT2D eigenvalue weighted by Crippen LogP contribution is 2.18. The minimum atomic E-state index is -0.767. The Balaban J connectivity index is 4.05. The number of hydrogen-bond acceptors (Lipinski definition) is 6. The van der Waals surface area contributed by atoms with Crippen molar-refractivity contribution in [2.75, 3.05) is 13.2 Å². The van der Waals surface area contributed by atoms with E-state index in [1.165, 1.54) is 238 Å². The molecule has 6 heteroatoms. The monoisotopic (exact) mass is 1110 g/mol. The second-order valence-corrected chi connectivity index (χ2v) is 23.4. The van der Waals surface area contributed by atoms with Gasteiger partial charge in [0.15, 0.2) is 6.10 Å². The maximum absolute atomic E-state index is 12.9. The van der Waals surface area contributed by atoms with Gasteiger partial charge in [-0.1, -0.05) is 345 Å². The Morgan fingerprint density at radius 2 is 0.494 bits per heavy atom. The molecule has 0 aliphatic carbocycles. The molecule has 0 aliphatic rings. The van der Waals surface area contributed by atoms with Gasteiger partial charge in [-0.2, -0.15) is 0 Å². The Labute approximate surface area is 491 Å². The van der Waals surface area contributed by atoms with Crippen LogP contribution in [0.15, 0.2) is 60.8 Å². The first-order chi connectivity index (χ1) is 39.0. The van der Waals surface area contributed by atoms with Gasteiger partial charge in [0.2, 0.25) is 0 Å². The number of ether oxygens (including phenoxy) is 3. The highest BCUT2D eigenvalue weighted by atomic mass is 16.6. The van der Waals surface area contributed by atoms with E-state index in [-0.39, 0.29) is 31.1 Å². The fourth-order valence-electron chi connectivity index (χ4n) is 10.4. The smallest absolute Gasteiger partial charge is 0.306 e. The number of hydrogen-bond donors (Lipinski definition) is 0. The van der Waals surface area contributed by atoms with Gasteiger partial charge in [-0.05, 0) is 64.2 Å². The molecule has 0 saturated carbocycles. The molecule has 79 heavy (non-hydrogen) atoms. The minimum absolute atomic E-state index is 0.0656. The van der Waals surface area contributed by atoms with Crippen LogP contribution < -0.4 is 0 Å². The van der Waals surface area contributed by atoms with E-state index in [1.807, 2.05) is 0 Å². The van der Waals surface area contributed by atoms with Gasteiger partial charge in [0.05, 0.1) is 0 Å². The Bertz CT molecular complexity index is 1410.